The number of benzene rings is 2. The highest BCUT2D eigenvalue weighted by molar-refractivity contribution is 7.21. The molecular weight excluding hydrogens is 477 g/mol. The van der Waals surface area contributed by atoms with Crippen LogP contribution in [0, 0.1) is 0 Å². The highest BCUT2D eigenvalue weighted by Gasteiger charge is 2.34. The fraction of sp³-hybridized carbons (Fsp3) is 0.160. The maximum absolute atomic E-state index is 13.5. The topological polar surface area (TPSA) is 83.1 Å². The summed E-state index contributed by atoms with van der Waals surface area (Å²) in [6, 6.07) is 10.7. The van der Waals surface area contributed by atoms with E-state index in [1.165, 1.54) is 23.5 Å². The van der Waals surface area contributed by atoms with Crippen LogP contribution in [0.15, 0.2) is 55.1 Å². The number of alkyl halides is 3. The van der Waals surface area contributed by atoms with E-state index in [0.29, 0.717) is 28.2 Å². The van der Waals surface area contributed by atoms with Gasteiger partial charge >= 0.3 is 6.18 Å². The molecule has 1 aliphatic heterocycles. The predicted molar refractivity (Wildman–Crippen MR) is 132 cm³/mol. The van der Waals surface area contributed by atoms with E-state index in [0.717, 1.165) is 33.3 Å². The van der Waals surface area contributed by atoms with Gasteiger partial charge in [0, 0.05) is 33.6 Å². The number of anilines is 2. The Morgan fingerprint density at radius 1 is 1.23 bits per heavy atom. The quantitative estimate of drug-likeness (QED) is 0.313. The smallest absolute Gasteiger partial charge is 0.381 e. The molecule has 0 radical (unpaired) electrons. The molecule has 6 nitrogen and oxygen atoms in total. The van der Waals surface area contributed by atoms with Crippen LogP contribution >= 0.6 is 11.3 Å². The minimum absolute atomic E-state index is 0.0210. The van der Waals surface area contributed by atoms with Gasteiger partial charge in [0.15, 0.2) is 0 Å². The SMILES string of the molecule is C=CC(=O)Nc1cc(-c2ccc3c(ccc4sc5c(c43)NCC(C)NC5=O)n2)ccc1C(F)(F)F. The van der Waals surface area contributed by atoms with Crippen molar-refractivity contribution in [1.82, 2.24) is 10.3 Å². The van der Waals surface area contributed by atoms with Crippen molar-refractivity contribution in [3.63, 3.8) is 0 Å². The molecule has 4 aromatic rings. The molecule has 0 fully saturated rings. The molecule has 5 rings (SSSR count). The van der Waals surface area contributed by atoms with Gasteiger partial charge in [0.05, 0.1) is 28.1 Å². The number of hydrogen-bond acceptors (Lipinski definition) is 5. The van der Waals surface area contributed by atoms with E-state index in [1.807, 2.05) is 25.1 Å². The van der Waals surface area contributed by atoms with Crippen molar-refractivity contribution >= 4 is 55.5 Å². The number of amides is 2. The fourth-order valence-electron chi connectivity index (χ4n) is 4.12. The zero-order valence-electron chi connectivity index (χ0n) is 18.4. The van der Waals surface area contributed by atoms with Gasteiger partial charge in [-0.3, -0.25) is 9.59 Å². The number of nitrogens with zero attached hydrogens (tertiary/aromatic N) is 1. The minimum Gasteiger partial charge on any atom is -0.381 e. The Bertz CT molecular complexity index is 1530. The Morgan fingerprint density at radius 2 is 2.03 bits per heavy atom. The Labute approximate surface area is 201 Å². The molecule has 0 saturated carbocycles. The molecule has 0 aliphatic carbocycles. The first kappa shape index (κ1) is 22.9. The predicted octanol–water partition coefficient (Wildman–Crippen LogP) is 5.80. The molecule has 2 aromatic carbocycles. The maximum Gasteiger partial charge on any atom is 0.418 e. The van der Waals surface area contributed by atoms with Gasteiger partial charge in [-0.05, 0) is 49.4 Å². The van der Waals surface area contributed by atoms with Crippen molar-refractivity contribution < 1.29 is 22.8 Å². The first-order valence-electron chi connectivity index (χ1n) is 10.7. The molecule has 35 heavy (non-hydrogen) atoms. The molecule has 1 aliphatic rings. The number of halogens is 3. The third-order valence-electron chi connectivity index (χ3n) is 5.75. The summed E-state index contributed by atoms with van der Waals surface area (Å²) < 4.78 is 41.3. The van der Waals surface area contributed by atoms with Gasteiger partial charge in [-0.2, -0.15) is 13.2 Å². The largest absolute Gasteiger partial charge is 0.418 e. The van der Waals surface area contributed by atoms with Crippen molar-refractivity contribution in [2.24, 2.45) is 0 Å². The number of aromatic nitrogens is 1. The molecule has 178 valence electrons. The van der Waals surface area contributed by atoms with Crippen LogP contribution in [-0.4, -0.2) is 29.4 Å². The van der Waals surface area contributed by atoms with Crippen LogP contribution in [0.4, 0.5) is 24.5 Å². The van der Waals surface area contributed by atoms with E-state index < -0.39 is 17.6 Å². The molecule has 0 saturated heterocycles. The standard InChI is InChI=1S/C25H19F3N4O2S/c1-3-20(33)32-18-10-13(4-6-15(18)25(26,27)28)16-7-5-14-17(31-16)8-9-19-21(14)22-23(35-19)24(34)30-12(2)11-29-22/h3-10,12,29H,1,11H2,2H3,(H,30,34)(H,32,33). The lowest BCUT2D eigenvalue weighted by Crippen LogP contribution is -2.34. The lowest BCUT2D eigenvalue weighted by molar-refractivity contribution is -0.136. The van der Waals surface area contributed by atoms with Crippen LogP contribution in [0.2, 0.25) is 0 Å². The first-order valence-corrected chi connectivity index (χ1v) is 11.5. The monoisotopic (exact) mass is 496 g/mol. The summed E-state index contributed by atoms with van der Waals surface area (Å²) in [4.78, 5) is 29.6. The van der Waals surface area contributed by atoms with Gasteiger partial charge in [-0.15, -0.1) is 11.3 Å². The molecular formula is C25H19F3N4O2S. The van der Waals surface area contributed by atoms with E-state index in [2.05, 4.69) is 27.5 Å². The molecule has 10 heteroatoms. The van der Waals surface area contributed by atoms with Crippen molar-refractivity contribution in [3.8, 4) is 11.3 Å². The number of carbonyl (C=O) groups excluding carboxylic acids is 2. The van der Waals surface area contributed by atoms with Crippen LogP contribution in [0.25, 0.3) is 32.2 Å². The second kappa shape index (κ2) is 8.38. The van der Waals surface area contributed by atoms with E-state index in [4.69, 9.17) is 0 Å². The molecule has 1 unspecified atom stereocenters. The Balaban J connectivity index is 1.63. The summed E-state index contributed by atoms with van der Waals surface area (Å²) in [5.41, 5.74) is 0.918. The summed E-state index contributed by atoms with van der Waals surface area (Å²) in [7, 11) is 0. The van der Waals surface area contributed by atoms with Gasteiger partial charge in [-0.1, -0.05) is 12.6 Å². The van der Waals surface area contributed by atoms with Crippen molar-refractivity contribution in [1.29, 1.82) is 0 Å². The molecule has 2 amide bonds. The average molecular weight is 497 g/mol. The third kappa shape index (κ3) is 4.10. The molecule has 3 N–H and O–H groups in total. The highest BCUT2D eigenvalue weighted by Crippen LogP contribution is 2.42. The summed E-state index contributed by atoms with van der Waals surface area (Å²) >= 11 is 1.40. The maximum atomic E-state index is 13.5. The van der Waals surface area contributed by atoms with Crippen molar-refractivity contribution in [2.75, 3.05) is 17.2 Å². The van der Waals surface area contributed by atoms with Gasteiger partial charge in [0.25, 0.3) is 5.91 Å². The Hall–Kier alpha value is -3.92. The Kier molecular flexibility index (Phi) is 5.47. The van der Waals surface area contributed by atoms with E-state index in [-0.39, 0.29) is 17.6 Å². The summed E-state index contributed by atoms with van der Waals surface area (Å²) in [6.07, 6.45) is -3.73. The van der Waals surface area contributed by atoms with Crippen molar-refractivity contribution in [2.45, 2.75) is 19.1 Å². The number of rotatable bonds is 3. The van der Waals surface area contributed by atoms with Crippen LogP contribution in [0.3, 0.4) is 0 Å². The fourth-order valence-corrected chi connectivity index (χ4v) is 5.22. The molecule has 3 heterocycles. The lowest BCUT2D eigenvalue weighted by Gasteiger charge is -2.15. The van der Waals surface area contributed by atoms with Crippen LogP contribution in [0.1, 0.15) is 22.2 Å². The van der Waals surface area contributed by atoms with E-state index in [9.17, 15) is 22.8 Å². The molecule has 1 atom stereocenters. The number of thiophene rings is 1. The van der Waals surface area contributed by atoms with Crippen LogP contribution in [0.5, 0.6) is 0 Å². The second-order valence-corrected chi connectivity index (χ2v) is 9.27. The van der Waals surface area contributed by atoms with Gasteiger partial charge in [0.2, 0.25) is 5.91 Å². The third-order valence-corrected chi connectivity index (χ3v) is 6.91. The van der Waals surface area contributed by atoms with E-state index >= 15 is 0 Å². The summed E-state index contributed by atoms with van der Waals surface area (Å²) in [5.74, 6) is -0.874. The summed E-state index contributed by atoms with van der Waals surface area (Å²) in [6.45, 7) is 5.80. The number of carbonyl (C=O) groups is 2. The van der Waals surface area contributed by atoms with Crippen LogP contribution < -0.4 is 16.0 Å². The van der Waals surface area contributed by atoms with Crippen LogP contribution in [-0.2, 0) is 11.0 Å². The number of pyridine rings is 1. The number of hydrogen-bond donors (Lipinski definition) is 3. The zero-order valence-corrected chi connectivity index (χ0v) is 19.2. The van der Waals surface area contributed by atoms with Gasteiger partial charge in [0.1, 0.15) is 4.88 Å². The molecule has 0 bridgehead atoms. The molecule has 2 aromatic heterocycles. The van der Waals surface area contributed by atoms with Gasteiger partial charge < -0.3 is 16.0 Å². The number of nitrogens with one attached hydrogen (secondary N) is 3. The van der Waals surface area contributed by atoms with E-state index in [1.54, 1.807) is 6.07 Å². The Morgan fingerprint density at radius 3 is 2.77 bits per heavy atom. The lowest BCUT2D eigenvalue weighted by atomic mass is 10.0. The molecule has 0 spiro atoms. The first-order chi connectivity index (χ1) is 16.7. The van der Waals surface area contributed by atoms with Crippen molar-refractivity contribution in [3.05, 3.63) is 65.6 Å². The zero-order chi connectivity index (χ0) is 24.9. The highest BCUT2D eigenvalue weighted by atomic mass is 32.1. The second-order valence-electron chi connectivity index (χ2n) is 8.21. The normalized spacial score (nSPS) is 15.8. The minimum atomic E-state index is -4.64. The summed E-state index contributed by atoms with van der Waals surface area (Å²) in [5, 5.41) is 10.3. The van der Waals surface area contributed by atoms with Gasteiger partial charge in [-0.25, -0.2) is 4.98 Å². The number of fused-ring (bicyclic) bond motifs is 5. The average Bonchev–Trinajstić information content (AvgIpc) is 3.14.